The van der Waals surface area contributed by atoms with Gasteiger partial charge in [-0.15, -0.1) is 0 Å². The Labute approximate surface area is 626 Å². The summed E-state index contributed by atoms with van der Waals surface area (Å²) in [5, 5.41) is 25.2. The molecule has 2 aliphatic heterocycles. The summed E-state index contributed by atoms with van der Waals surface area (Å²) in [4.78, 5) is 0. The zero-order valence-corrected chi connectivity index (χ0v) is 67.7. The molecular weight excluding hydrogens is 1410 g/mol. The van der Waals surface area contributed by atoms with Crippen LogP contribution in [0.4, 0.5) is 0 Å². The highest BCUT2D eigenvalue weighted by atomic mass is 30.6. The smallest absolute Gasteiger partial charge is 0.0632 e. The van der Waals surface area contributed by atoms with E-state index in [1.165, 1.54) is 0 Å². The SMILES string of the molecule is c1ccc([Si]2(c3ccccc3)[Si](c3ccccc3)(c3ccccc3)[Si](c3ccccc3)(c3ccccc3)[Si]3([Si]2(c2ccccc2)c2ccccc2)[Si](c2ccccc2)(c2ccccc2)[Si](c2ccccc2)(c2ccccc2)[Si](c2ccccc2)(c2ccccc2)[Si]3(c2ccccc2)c2ccccc2)cc1. The molecule has 0 aromatic heterocycles. The van der Waals surface area contributed by atoms with Crippen LogP contribution in [-0.2, 0) is 0 Å². The van der Waals surface area contributed by atoms with E-state index < -0.39 is 63.0 Å². The van der Waals surface area contributed by atoms with E-state index in [1.807, 2.05) is 0 Å². The van der Waals surface area contributed by atoms with Crippen LogP contribution in [0.25, 0.3) is 0 Å². The summed E-state index contributed by atoms with van der Waals surface area (Å²) in [5.41, 5.74) is 0. The third-order valence-electron chi connectivity index (χ3n) is 24.9. The largest absolute Gasteiger partial charge is 0.120 e. The van der Waals surface area contributed by atoms with Crippen LogP contribution in [0.5, 0.6) is 0 Å². The van der Waals surface area contributed by atoms with E-state index in [2.05, 4.69) is 485 Å². The monoisotopic (exact) mass is 1480 g/mol. The Hall–Kier alpha value is -10.5. The molecule has 0 bridgehead atoms. The maximum Gasteiger partial charge on any atom is 0.120 e. The van der Waals surface area contributed by atoms with E-state index in [-0.39, 0.29) is 0 Å². The molecule has 2 aliphatic rings. The van der Waals surface area contributed by atoms with Gasteiger partial charge in [-0.25, -0.2) is 0 Å². The predicted molar refractivity (Wildman–Crippen MR) is 469 cm³/mol. The minimum absolute atomic E-state index is 1.56. The second-order valence-electron chi connectivity index (χ2n) is 28.6. The number of benzene rings is 16. The minimum atomic E-state index is -4.72. The van der Waals surface area contributed by atoms with E-state index in [4.69, 9.17) is 0 Å². The third kappa shape index (κ3) is 8.49. The molecule has 0 N–H and O–H groups in total. The standard InChI is InChI=1S/C96H80Si9/c1-17-49-81(50-18-1)97(82-51-19-2-20-52-82)98(83-53-21-3-22-54-83,84-55-23-4-24-56-84)102(91-69-37-11-38-70-91,92-71-39-12-40-72-92)105(101(97,89-65-33-9-34-66-89)90-67-35-10-36-68-90)103(93-73-41-13-42-74-93,94-75-43-14-44-76-94)99(85-57-25-5-26-58-85,86-59-27-6-28-60-86)100(87-61-29-7-30-62-87,88-63-31-8-32-64-88)104(105,95-77-45-15-46-78-95)96-79-47-16-48-80-96/h1-80H. The fraction of sp³-hybridized carbons (Fsp3) is 0. The number of rotatable bonds is 16. The summed E-state index contributed by atoms with van der Waals surface area (Å²) in [7, 11) is -35.0. The van der Waals surface area contributed by atoms with Crippen LogP contribution in [0, 0.1) is 0 Å². The molecule has 9 heteroatoms. The molecule has 500 valence electrons. The summed E-state index contributed by atoms with van der Waals surface area (Å²) in [6.07, 6.45) is -4.72. The second-order valence-corrected chi connectivity index (χ2v) is 117. The van der Waals surface area contributed by atoms with Crippen molar-refractivity contribution in [1.82, 2.24) is 0 Å². The molecule has 1 spiro atoms. The minimum Gasteiger partial charge on any atom is -0.0632 e. The van der Waals surface area contributed by atoms with Gasteiger partial charge in [0.15, 0.2) is 0 Å². The maximum atomic E-state index is 2.82. The summed E-state index contributed by atoms with van der Waals surface area (Å²) in [6, 6.07) is 207. The van der Waals surface area contributed by atoms with Crippen LogP contribution in [0.1, 0.15) is 0 Å². The first-order valence-electron chi connectivity index (χ1n) is 37.1. The summed E-state index contributed by atoms with van der Waals surface area (Å²) >= 11 is 0. The van der Waals surface area contributed by atoms with Crippen molar-refractivity contribution in [2.24, 2.45) is 0 Å². The Morgan fingerprint density at radius 1 is 0.0762 bits per heavy atom. The van der Waals surface area contributed by atoms with Crippen LogP contribution in [-0.4, -0.2) is 63.0 Å². The van der Waals surface area contributed by atoms with Crippen LogP contribution in [0.3, 0.4) is 0 Å². The molecule has 18 rings (SSSR count). The van der Waals surface area contributed by atoms with Crippen LogP contribution < -0.4 is 83.0 Å². The van der Waals surface area contributed by atoms with Gasteiger partial charge >= 0.3 is 0 Å². The first-order chi connectivity index (χ1) is 52.2. The van der Waals surface area contributed by atoms with Crippen molar-refractivity contribution >= 4 is 146 Å². The zero-order valence-electron chi connectivity index (χ0n) is 58.7. The van der Waals surface area contributed by atoms with Crippen LogP contribution in [0.2, 0.25) is 0 Å². The number of hydrogen-bond acceptors (Lipinski definition) is 0. The van der Waals surface area contributed by atoms with Crippen molar-refractivity contribution in [3.05, 3.63) is 485 Å². The molecular formula is C96H80Si9. The third-order valence-corrected chi connectivity index (χ3v) is 252. The average molecular weight is 1490 g/mol. The highest BCUT2D eigenvalue weighted by Gasteiger charge is 3.08. The molecule has 16 aromatic carbocycles. The normalized spacial score (nSPS) is 17.1. The average Bonchev–Trinajstić information content (AvgIpc) is 1.38. The molecule has 2 fully saturated rings. The first-order valence-corrected chi connectivity index (χ1v) is 65.1. The van der Waals surface area contributed by atoms with E-state index in [0.29, 0.717) is 0 Å². The quantitative estimate of drug-likeness (QED) is 0.0846. The molecule has 0 unspecified atom stereocenters. The van der Waals surface area contributed by atoms with Gasteiger partial charge < -0.3 is 0 Å². The molecule has 0 nitrogen and oxygen atoms in total. The highest BCUT2D eigenvalue weighted by Crippen LogP contribution is 2.64. The summed E-state index contributed by atoms with van der Waals surface area (Å²) in [5.74, 6) is 0. The molecule has 105 heavy (non-hydrogen) atoms. The Morgan fingerprint density at radius 2 is 0.143 bits per heavy atom. The van der Waals surface area contributed by atoms with Crippen molar-refractivity contribution in [1.29, 1.82) is 0 Å². The molecule has 2 saturated heterocycles. The molecule has 0 radical (unpaired) electrons. The van der Waals surface area contributed by atoms with E-state index in [9.17, 15) is 0 Å². The van der Waals surface area contributed by atoms with Gasteiger partial charge in [0.05, 0.1) is 6.14 Å². The van der Waals surface area contributed by atoms with Crippen molar-refractivity contribution < 1.29 is 0 Å². The first kappa shape index (κ1) is 66.4. The lowest BCUT2D eigenvalue weighted by atomic mass is 10.4. The van der Waals surface area contributed by atoms with Gasteiger partial charge in [-0.1, -0.05) is 568 Å². The van der Waals surface area contributed by atoms with E-state index >= 15 is 0 Å². The highest BCUT2D eigenvalue weighted by molar-refractivity contribution is 8.51. The fourth-order valence-corrected chi connectivity index (χ4v) is 530. The topological polar surface area (TPSA) is 0 Å². The summed E-state index contributed by atoms with van der Waals surface area (Å²) in [6.45, 7) is 0. The summed E-state index contributed by atoms with van der Waals surface area (Å²) < 4.78 is 0. The van der Waals surface area contributed by atoms with Gasteiger partial charge in [0, 0.05) is 0 Å². The Balaban J connectivity index is 1.43. The lowest BCUT2D eigenvalue weighted by molar-refractivity contribution is 1.70. The molecule has 0 amide bonds. The Morgan fingerprint density at radius 3 is 0.219 bits per heavy atom. The second kappa shape index (κ2) is 27.2. The van der Waals surface area contributed by atoms with Gasteiger partial charge in [-0.3, -0.25) is 0 Å². The molecule has 16 aromatic rings. The molecule has 0 aliphatic carbocycles. The van der Waals surface area contributed by atoms with Crippen molar-refractivity contribution in [3.8, 4) is 0 Å². The van der Waals surface area contributed by atoms with Gasteiger partial charge in [-0.2, -0.15) is 0 Å². The molecule has 0 saturated carbocycles. The van der Waals surface area contributed by atoms with Gasteiger partial charge in [-0.05, 0) is 0 Å². The fourth-order valence-electron chi connectivity index (χ4n) is 23.2. The van der Waals surface area contributed by atoms with Gasteiger partial charge in [0.2, 0.25) is 0 Å². The van der Waals surface area contributed by atoms with Crippen molar-refractivity contribution in [2.45, 2.75) is 0 Å². The van der Waals surface area contributed by atoms with Gasteiger partial charge in [0.25, 0.3) is 0 Å². The van der Waals surface area contributed by atoms with E-state index in [1.54, 1.807) is 83.0 Å². The lowest BCUT2D eigenvalue weighted by Crippen LogP contribution is -3.12. The van der Waals surface area contributed by atoms with Gasteiger partial charge in [0.1, 0.15) is 56.9 Å². The predicted octanol–water partition coefficient (Wildman–Crippen LogP) is 10.4. The maximum absolute atomic E-state index is 4.72. The lowest BCUT2D eigenvalue weighted by Gasteiger charge is -2.68. The number of hydrogen-bond donors (Lipinski definition) is 0. The Bertz CT molecular complexity index is 4540. The van der Waals surface area contributed by atoms with Crippen molar-refractivity contribution in [3.63, 3.8) is 0 Å². The zero-order chi connectivity index (χ0) is 70.3. The van der Waals surface area contributed by atoms with E-state index in [0.717, 1.165) is 0 Å². The van der Waals surface area contributed by atoms with Crippen LogP contribution >= 0.6 is 0 Å². The molecule has 2 heterocycles. The Kier molecular flexibility index (Phi) is 17.2. The molecule has 0 atom stereocenters. The van der Waals surface area contributed by atoms with Crippen LogP contribution in [0.15, 0.2) is 485 Å². The van der Waals surface area contributed by atoms with Crippen molar-refractivity contribution in [2.75, 3.05) is 0 Å².